The van der Waals surface area contributed by atoms with Gasteiger partial charge in [-0.1, -0.05) is 12.8 Å². The second-order valence-electron chi connectivity index (χ2n) is 6.43. The number of hydroxylamine groups is 1. The number of hydrogen-bond donors (Lipinski definition) is 1. The molecule has 0 spiro atoms. The molecule has 2 heterocycles. The third kappa shape index (κ3) is 2.93. The highest BCUT2D eigenvalue weighted by atomic mass is 16.8. The Bertz CT molecular complexity index is 344. The van der Waals surface area contributed by atoms with E-state index in [2.05, 4.69) is 12.4 Å². The summed E-state index contributed by atoms with van der Waals surface area (Å²) >= 11 is 0. The van der Waals surface area contributed by atoms with E-state index in [-0.39, 0.29) is 12.3 Å². The number of rotatable bonds is 2. The third-order valence-corrected chi connectivity index (χ3v) is 5.00. The zero-order chi connectivity index (χ0) is 13.9. The van der Waals surface area contributed by atoms with E-state index in [4.69, 9.17) is 9.57 Å². The van der Waals surface area contributed by atoms with E-state index < -0.39 is 0 Å². The second-order valence-corrected chi connectivity index (χ2v) is 6.43. The largest absolute Gasteiger partial charge is 0.350 e. The average Bonchev–Trinajstić information content (AvgIpc) is 2.82. The highest BCUT2D eigenvalue weighted by molar-refractivity contribution is 5.74. The molecule has 2 saturated heterocycles. The van der Waals surface area contributed by atoms with E-state index in [1.165, 1.54) is 19.3 Å². The van der Waals surface area contributed by atoms with Gasteiger partial charge < -0.3 is 9.64 Å². The van der Waals surface area contributed by atoms with Crippen molar-refractivity contribution in [1.29, 1.82) is 0 Å². The maximum Gasteiger partial charge on any atom is 0.341 e. The van der Waals surface area contributed by atoms with Crippen molar-refractivity contribution in [2.24, 2.45) is 5.92 Å². The molecule has 1 aliphatic carbocycles. The molecule has 3 rings (SSSR count). The molecule has 0 radical (unpaired) electrons. The molecule has 4 unspecified atom stereocenters. The molecule has 0 aromatic heterocycles. The van der Waals surface area contributed by atoms with Crippen LogP contribution in [0.15, 0.2) is 0 Å². The molecule has 0 aromatic rings. The van der Waals surface area contributed by atoms with E-state index in [0.717, 1.165) is 38.7 Å². The average molecular weight is 282 g/mol. The van der Waals surface area contributed by atoms with Crippen LogP contribution in [0.3, 0.4) is 0 Å². The van der Waals surface area contributed by atoms with Crippen LogP contribution in [0, 0.1) is 5.92 Å². The fraction of sp³-hybridized carbons (Fsp3) is 0.933. The molecular formula is C15H26N2O3. The quantitative estimate of drug-likeness (QED) is 0.792. The summed E-state index contributed by atoms with van der Waals surface area (Å²) in [5.41, 5.74) is 2.62. The zero-order valence-corrected chi connectivity index (χ0v) is 12.3. The van der Waals surface area contributed by atoms with Gasteiger partial charge in [0.1, 0.15) is 0 Å². The molecule has 3 aliphatic rings. The van der Waals surface area contributed by atoms with Gasteiger partial charge >= 0.3 is 6.03 Å². The van der Waals surface area contributed by atoms with E-state index in [9.17, 15) is 4.79 Å². The number of carbonyl (C=O) groups is 1. The molecule has 20 heavy (non-hydrogen) atoms. The predicted octanol–water partition coefficient (Wildman–Crippen LogP) is 2.81. The van der Waals surface area contributed by atoms with Gasteiger partial charge in [-0.2, -0.15) is 0 Å². The number of nitrogens with zero attached hydrogens (tertiary/aromatic N) is 1. The molecular weight excluding hydrogens is 256 g/mol. The number of likely N-dealkylation sites (tertiary alicyclic amines) is 1. The third-order valence-electron chi connectivity index (χ3n) is 5.00. The number of amides is 2. The van der Waals surface area contributed by atoms with Gasteiger partial charge in [0.05, 0.1) is 0 Å². The van der Waals surface area contributed by atoms with Crippen LogP contribution in [0.25, 0.3) is 0 Å². The summed E-state index contributed by atoms with van der Waals surface area (Å²) < 4.78 is 5.47. The Morgan fingerprint density at radius 3 is 2.80 bits per heavy atom. The number of nitrogens with one attached hydrogen (secondary N) is 1. The minimum Gasteiger partial charge on any atom is -0.350 e. The number of urea groups is 1. The standard InChI is InChI=1S/C15H26N2O3/c1-11-10-12-6-2-3-7-13(12)17(11)15(18)16-20-14-8-4-5-9-19-14/h11-14H,2-10H2,1H3,(H,16,18). The Kier molecular flexibility index (Phi) is 4.46. The van der Waals surface area contributed by atoms with Gasteiger partial charge in [-0.15, -0.1) is 0 Å². The maximum absolute atomic E-state index is 12.4. The van der Waals surface area contributed by atoms with Crippen LogP contribution in [-0.2, 0) is 9.57 Å². The smallest absolute Gasteiger partial charge is 0.341 e. The molecule has 1 N–H and O–H groups in total. The van der Waals surface area contributed by atoms with Gasteiger partial charge in [0.25, 0.3) is 0 Å². The van der Waals surface area contributed by atoms with Crippen molar-refractivity contribution in [2.45, 2.75) is 76.7 Å². The Balaban J connectivity index is 1.53. The van der Waals surface area contributed by atoms with Crippen LogP contribution in [-0.4, -0.2) is 35.9 Å². The lowest BCUT2D eigenvalue weighted by Gasteiger charge is -2.33. The van der Waals surface area contributed by atoms with E-state index in [0.29, 0.717) is 18.0 Å². The van der Waals surface area contributed by atoms with Gasteiger partial charge in [0, 0.05) is 25.1 Å². The first-order valence-corrected chi connectivity index (χ1v) is 8.11. The first-order valence-electron chi connectivity index (χ1n) is 8.11. The van der Waals surface area contributed by atoms with Gasteiger partial charge in [-0.05, 0) is 44.9 Å². The monoisotopic (exact) mass is 282 g/mol. The highest BCUT2D eigenvalue weighted by Crippen LogP contribution is 2.39. The van der Waals surface area contributed by atoms with Crippen molar-refractivity contribution < 1.29 is 14.4 Å². The van der Waals surface area contributed by atoms with Crippen LogP contribution in [0.5, 0.6) is 0 Å². The van der Waals surface area contributed by atoms with E-state index in [1.54, 1.807) is 0 Å². The lowest BCUT2D eigenvalue weighted by Crippen LogP contribution is -2.48. The van der Waals surface area contributed by atoms with Gasteiger partial charge in [0.15, 0.2) is 6.29 Å². The molecule has 5 nitrogen and oxygen atoms in total. The molecule has 114 valence electrons. The SMILES string of the molecule is CC1CC2CCCCC2N1C(=O)NOC1CCCCO1. The molecule has 0 aromatic carbocycles. The molecule has 2 amide bonds. The normalized spacial score (nSPS) is 37.5. The fourth-order valence-corrected chi connectivity index (χ4v) is 4.03. The minimum absolute atomic E-state index is 0.0823. The number of ether oxygens (including phenoxy) is 1. The van der Waals surface area contributed by atoms with Crippen molar-refractivity contribution in [3.8, 4) is 0 Å². The highest BCUT2D eigenvalue weighted by Gasteiger charge is 2.42. The van der Waals surface area contributed by atoms with Crippen LogP contribution in [0.2, 0.25) is 0 Å². The van der Waals surface area contributed by atoms with Crippen molar-refractivity contribution in [1.82, 2.24) is 10.4 Å². The molecule has 4 atom stereocenters. The minimum atomic E-state index is -0.271. The first kappa shape index (κ1) is 14.1. The number of fused-ring (bicyclic) bond motifs is 1. The summed E-state index contributed by atoms with van der Waals surface area (Å²) in [5.74, 6) is 0.690. The first-order chi connectivity index (χ1) is 9.75. The van der Waals surface area contributed by atoms with Gasteiger partial charge in [0.2, 0.25) is 0 Å². The van der Waals surface area contributed by atoms with Gasteiger partial charge in [-0.3, -0.25) is 0 Å². The second kappa shape index (κ2) is 6.31. The predicted molar refractivity (Wildman–Crippen MR) is 74.9 cm³/mol. The maximum atomic E-state index is 12.4. The van der Waals surface area contributed by atoms with Crippen LogP contribution >= 0.6 is 0 Å². The van der Waals surface area contributed by atoms with E-state index in [1.807, 2.05) is 4.90 Å². The molecule has 0 bridgehead atoms. The van der Waals surface area contributed by atoms with Crippen LogP contribution in [0.1, 0.15) is 58.3 Å². The zero-order valence-electron chi connectivity index (χ0n) is 12.3. The van der Waals surface area contributed by atoms with Crippen LogP contribution < -0.4 is 5.48 Å². The Labute approximate surface area is 120 Å². The van der Waals surface area contributed by atoms with Crippen LogP contribution in [0.4, 0.5) is 4.79 Å². The van der Waals surface area contributed by atoms with Crippen molar-refractivity contribution in [3.63, 3.8) is 0 Å². The summed E-state index contributed by atoms with van der Waals surface area (Å²) in [4.78, 5) is 19.8. The molecule has 5 heteroatoms. The van der Waals surface area contributed by atoms with Crippen molar-refractivity contribution >= 4 is 6.03 Å². The Morgan fingerprint density at radius 2 is 2.00 bits per heavy atom. The number of hydrogen-bond acceptors (Lipinski definition) is 3. The molecule has 1 saturated carbocycles. The Hall–Kier alpha value is -0.810. The molecule has 2 aliphatic heterocycles. The van der Waals surface area contributed by atoms with E-state index >= 15 is 0 Å². The topological polar surface area (TPSA) is 50.8 Å². The molecule has 3 fully saturated rings. The lowest BCUT2D eigenvalue weighted by atomic mass is 9.85. The Morgan fingerprint density at radius 1 is 1.20 bits per heavy atom. The van der Waals surface area contributed by atoms with Crippen molar-refractivity contribution in [3.05, 3.63) is 0 Å². The summed E-state index contributed by atoms with van der Waals surface area (Å²) in [6.07, 6.45) is 8.88. The number of carbonyl (C=O) groups excluding carboxylic acids is 1. The van der Waals surface area contributed by atoms with Crippen molar-refractivity contribution in [2.75, 3.05) is 6.61 Å². The summed E-state index contributed by atoms with van der Waals surface area (Å²) in [5, 5.41) is 0. The lowest BCUT2D eigenvalue weighted by molar-refractivity contribution is -0.188. The summed E-state index contributed by atoms with van der Waals surface area (Å²) in [6.45, 7) is 2.88. The van der Waals surface area contributed by atoms with Gasteiger partial charge in [-0.25, -0.2) is 15.1 Å². The fourth-order valence-electron chi connectivity index (χ4n) is 4.03. The summed E-state index contributed by atoms with van der Waals surface area (Å²) in [6, 6.07) is 0.648. The summed E-state index contributed by atoms with van der Waals surface area (Å²) in [7, 11) is 0.